The number of anilines is 1. The van der Waals surface area contributed by atoms with Crippen molar-refractivity contribution in [3.63, 3.8) is 0 Å². The highest BCUT2D eigenvalue weighted by Gasteiger charge is 2.19. The zero-order valence-corrected chi connectivity index (χ0v) is 15.7. The molecule has 0 aliphatic heterocycles. The third-order valence-electron chi connectivity index (χ3n) is 4.76. The summed E-state index contributed by atoms with van der Waals surface area (Å²) < 4.78 is 7.34. The van der Waals surface area contributed by atoms with E-state index in [0.29, 0.717) is 0 Å². The van der Waals surface area contributed by atoms with Crippen molar-refractivity contribution in [1.29, 1.82) is 0 Å². The minimum Gasteiger partial charge on any atom is -0.497 e. The number of fused-ring (bicyclic) bond motifs is 1. The van der Waals surface area contributed by atoms with Crippen molar-refractivity contribution >= 4 is 16.6 Å². The Morgan fingerprint density at radius 1 is 1.00 bits per heavy atom. The minimum absolute atomic E-state index is 0.0954. The zero-order chi connectivity index (χ0) is 18.8. The van der Waals surface area contributed by atoms with Crippen LogP contribution in [0.3, 0.4) is 0 Å². The first-order chi connectivity index (χ1) is 13.2. The van der Waals surface area contributed by atoms with E-state index in [2.05, 4.69) is 52.5 Å². The molecule has 0 aliphatic rings. The summed E-state index contributed by atoms with van der Waals surface area (Å²) in [6.07, 6.45) is 5.62. The molecule has 0 amide bonds. The van der Waals surface area contributed by atoms with Gasteiger partial charge in [-0.15, -0.1) is 0 Å². The Bertz CT molecular complexity index is 1070. The van der Waals surface area contributed by atoms with Gasteiger partial charge in [-0.1, -0.05) is 23.8 Å². The minimum atomic E-state index is -0.0954. The van der Waals surface area contributed by atoms with Crippen LogP contribution >= 0.6 is 0 Å². The van der Waals surface area contributed by atoms with Crippen LogP contribution in [0.25, 0.3) is 10.9 Å². The number of pyridine rings is 1. The van der Waals surface area contributed by atoms with Crippen molar-refractivity contribution in [2.75, 3.05) is 12.4 Å². The van der Waals surface area contributed by atoms with Gasteiger partial charge in [-0.25, -0.2) is 4.98 Å². The number of aromatic nitrogens is 3. The molecule has 0 aliphatic carbocycles. The van der Waals surface area contributed by atoms with Crippen molar-refractivity contribution in [2.24, 2.45) is 7.05 Å². The summed E-state index contributed by atoms with van der Waals surface area (Å²) in [7, 11) is 3.68. The monoisotopic (exact) mass is 358 g/mol. The van der Waals surface area contributed by atoms with E-state index in [-0.39, 0.29) is 6.04 Å². The molecule has 5 nitrogen and oxygen atoms in total. The summed E-state index contributed by atoms with van der Waals surface area (Å²) in [5, 5.41) is 4.78. The Hall–Kier alpha value is -3.34. The maximum absolute atomic E-state index is 5.30. The number of benzene rings is 2. The van der Waals surface area contributed by atoms with Gasteiger partial charge in [-0.05, 0) is 42.8 Å². The molecule has 1 unspecified atom stereocenters. The van der Waals surface area contributed by atoms with Crippen molar-refractivity contribution in [2.45, 2.75) is 13.0 Å². The van der Waals surface area contributed by atoms with Gasteiger partial charge in [-0.2, -0.15) is 0 Å². The van der Waals surface area contributed by atoms with Crippen LogP contribution in [0, 0.1) is 6.92 Å². The fourth-order valence-electron chi connectivity index (χ4n) is 3.29. The van der Waals surface area contributed by atoms with Gasteiger partial charge in [-0.3, -0.25) is 4.98 Å². The second-order valence-corrected chi connectivity index (χ2v) is 6.63. The van der Waals surface area contributed by atoms with Crippen LogP contribution in [-0.4, -0.2) is 21.6 Å². The Kier molecular flexibility index (Phi) is 4.50. The lowest BCUT2D eigenvalue weighted by Crippen LogP contribution is -2.17. The number of rotatable bonds is 5. The molecule has 5 heteroatoms. The maximum Gasteiger partial charge on any atom is 0.135 e. The molecule has 4 rings (SSSR count). The van der Waals surface area contributed by atoms with Gasteiger partial charge in [0.2, 0.25) is 0 Å². The second-order valence-electron chi connectivity index (χ2n) is 6.63. The summed E-state index contributed by atoms with van der Waals surface area (Å²) in [6.45, 7) is 2.09. The van der Waals surface area contributed by atoms with Crippen LogP contribution in [0.5, 0.6) is 5.75 Å². The molecular weight excluding hydrogens is 336 g/mol. The number of hydrogen-bond acceptors (Lipinski definition) is 4. The van der Waals surface area contributed by atoms with Crippen molar-refractivity contribution in [1.82, 2.24) is 14.5 Å². The number of methoxy groups -OCH3 is 1. The molecular formula is C22H22N4O. The van der Waals surface area contributed by atoms with Crippen molar-refractivity contribution in [3.8, 4) is 5.75 Å². The van der Waals surface area contributed by atoms with Crippen LogP contribution in [0.4, 0.5) is 5.69 Å². The maximum atomic E-state index is 5.30. The molecule has 4 aromatic rings. The van der Waals surface area contributed by atoms with Crippen LogP contribution in [-0.2, 0) is 7.05 Å². The topological polar surface area (TPSA) is 52.0 Å². The number of imidazole rings is 1. The highest BCUT2D eigenvalue weighted by Crippen LogP contribution is 2.30. The fourth-order valence-corrected chi connectivity index (χ4v) is 3.29. The average Bonchev–Trinajstić information content (AvgIpc) is 3.12. The van der Waals surface area contributed by atoms with Crippen LogP contribution < -0.4 is 10.1 Å². The third kappa shape index (κ3) is 3.36. The summed E-state index contributed by atoms with van der Waals surface area (Å²) in [5.74, 6) is 1.78. The van der Waals surface area contributed by atoms with Crippen molar-refractivity contribution < 1.29 is 4.74 Å². The molecule has 0 bridgehead atoms. The molecule has 136 valence electrons. The Labute approximate surface area is 158 Å². The smallest absolute Gasteiger partial charge is 0.135 e. The van der Waals surface area contributed by atoms with E-state index in [1.807, 2.05) is 48.4 Å². The number of nitrogens with zero attached hydrogens (tertiary/aromatic N) is 3. The lowest BCUT2D eigenvalue weighted by Gasteiger charge is -2.21. The molecule has 0 spiro atoms. The molecule has 27 heavy (non-hydrogen) atoms. The van der Waals surface area contributed by atoms with E-state index in [1.165, 1.54) is 5.56 Å². The van der Waals surface area contributed by atoms with Gasteiger partial charge >= 0.3 is 0 Å². The first-order valence-electron chi connectivity index (χ1n) is 8.89. The van der Waals surface area contributed by atoms with E-state index >= 15 is 0 Å². The van der Waals surface area contributed by atoms with Gasteiger partial charge in [0.25, 0.3) is 0 Å². The van der Waals surface area contributed by atoms with Crippen LogP contribution in [0.15, 0.2) is 67.1 Å². The van der Waals surface area contributed by atoms with E-state index in [0.717, 1.165) is 33.7 Å². The normalized spacial score (nSPS) is 12.1. The zero-order valence-electron chi connectivity index (χ0n) is 15.7. The van der Waals surface area contributed by atoms with Gasteiger partial charge < -0.3 is 14.6 Å². The van der Waals surface area contributed by atoms with Gasteiger partial charge in [0.05, 0.1) is 12.6 Å². The number of ether oxygens (including phenoxy) is 1. The van der Waals surface area contributed by atoms with Crippen LogP contribution in [0.1, 0.15) is 23.0 Å². The average molecular weight is 358 g/mol. The summed E-state index contributed by atoms with van der Waals surface area (Å²) in [6, 6.07) is 16.3. The van der Waals surface area contributed by atoms with E-state index in [4.69, 9.17) is 4.74 Å². The highest BCUT2D eigenvalue weighted by atomic mass is 16.5. The molecule has 0 fully saturated rings. The molecule has 2 aromatic heterocycles. The Balaban J connectivity index is 1.80. The number of nitrogens with one attached hydrogen (secondary N) is 1. The quantitative estimate of drug-likeness (QED) is 0.571. The summed E-state index contributed by atoms with van der Waals surface area (Å²) >= 11 is 0. The highest BCUT2D eigenvalue weighted by molar-refractivity contribution is 5.91. The largest absolute Gasteiger partial charge is 0.497 e. The molecule has 2 heterocycles. The van der Waals surface area contributed by atoms with E-state index in [9.17, 15) is 0 Å². The Morgan fingerprint density at radius 3 is 2.52 bits per heavy atom. The number of hydrogen-bond donors (Lipinski definition) is 1. The fraction of sp³-hybridized carbons (Fsp3) is 0.182. The Morgan fingerprint density at radius 2 is 1.81 bits per heavy atom. The molecule has 0 saturated carbocycles. The molecule has 1 N–H and O–H groups in total. The van der Waals surface area contributed by atoms with Gasteiger partial charge in [0.1, 0.15) is 17.6 Å². The van der Waals surface area contributed by atoms with Crippen LogP contribution in [0.2, 0.25) is 0 Å². The predicted molar refractivity (Wildman–Crippen MR) is 108 cm³/mol. The predicted octanol–water partition coefficient (Wildman–Crippen LogP) is 4.49. The van der Waals surface area contributed by atoms with E-state index < -0.39 is 0 Å². The molecule has 0 radical (unpaired) electrons. The lowest BCUT2D eigenvalue weighted by atomic mass is 10.0. The lowest BCUT2D eigenvalue weighted by molar-refractivity contribution is 0.414. The first-order valence-corrected chi connectivity index (χ1v) is 8.89. The first kappa shape index (κ1) is 17.1. The van der Waals surface area contributed by atoms with E-state index in [1.54, 1.807) is 7.11 Å². The summed E-state index contributed by atoms with van der Waals surface area (Å²) in [4.78, 5) is 9.07. The van der Waals surface area contributed by atoms with Gasteiger partial charge in [0, 0.05) is 36.7 Å². The standard InChI is InChI=1S/C22H22N4O/c1-15-4-9-19-18(14-15)20(10-11-23-19)25-21(22-24-12-13-26(22)2)16-5-7-17(27-3)8-6-16/h4-14,21H,1-3H3,(H,23,25). The molecule has 0 saturated heterocycles. The second kappa shape index (κ2) is 7.11. The summed E-state index contributed by atoms with van der Waals surface area (Å²) in [5.41, 5.74) is 4.32. The van der Waals surface area contributed by atoms with Crippen molar-refractivity contribution in [3.05, 3.63) is 84.1 Å². The third-order valence-corrected chi connectivity index (χ3v) is 4.76. The SMILES string of the molecule is COc1ccc(C(Nc2ccnc3ccc(C)cc23)c2nccn2C)cc1. The molecule has 2 aromatic carbocycles. The van der Waals surface area contributed by atoms with Gasteiger partial charge in [0.15, 0.2) is 0 Å². The number of aryl methyl sites for hydroxylation is 2. The molecule has 1 atom stereocenters.